The average molecular weight is 318 g/mol. The van der Waals surface area contributed by atoms with Crippen LogP contribution in [0.4, 0.5) is 11.4 Å². The Hall–Kier alpha value is -2.74. The molecule has 0 aromatic heterocycles. The highest BCUT2D eigenvalue weighted by molar-refractivity contribution is 5.83. The number of hydrogen-bond donors (Lipinski definition) is 2. The van der Waals surface area contributed by atoms with Gasteiger partial charge in [-0.05, 0) is 68.2 Å². The highest BCUT2D eigenvalue weighted by Gasteiger charge is 2.07. The van der Waals surface area contributed by atoms with E-state index in [1.165, 1.54) is 16.7 Å². The summed E-state index contributed by atoms with van der Waals surface area (Å²) in [5, 5.41) is 3.33. The first-order valence-electron chi connectivity index (χ1n) is 8.15. The summed E-state index contributed by atoms with van der Waals surface area (Å²) in [6.07, 6.45) is 4.15. The molecule has 0 spiro atoms. The van der Waals surface area contributed by atoms with E-state index < -0.39 is 0 Å². The highest BCUT2D eigenvalue weighted by atomic mass is 14.9. The second-order valence-corrected chi connectivity index (χ2v) is 6.08. The molecule has 2 aromatic rings. The van der Waals surface area contributed by atoms with Crippen molar-refractivity contribution in [2.75, 3.05) is 11.1 Å². The Morgan fingerprint density at radius 1 is 1.12 bits per heavy atom. The van der Waals surface area contributed by atoms with E-state index in [-0.39, 0.29) is 0 Å². The van der Waals surface area contributed by atoms with Crippen molar-refractivity contribution in [3.8, 4) is 0 Å². The third-order valence-electron chi connectivity index (χ3n) is 4.13. The largest absolute Gasteiger partial charge is 0.398 e. The lowest BCUT2D eigenvalue weighted by molar-refractivity contribution is 1.43. The zero-order valence-corrected chi connectivity index (χ0v) is 15.0. The van der Waals surface area contributed by atoms with Gasteiger partial charge in [-0.1, -0.05) is 43.0 Å². The third-order valence-corrected chi connectivity index (χ3v) is 4.13. The van der Waals surface area contributed by atoms with Crippen LogP contribution in [0, 0.1) is 6.92 Å². The molecule has 0 aliphatic rings. The number of aryl methyl sites for hydroxylation is 1. The van der Waals surface area contributed by atoms with E-state index in [0.717, 1.165) is 28.2 Å². The molecule has 0 atom stereocenters. The van der Waals surface area contributed by atoms with Gasteiger partial charge in [-0.25, -0.2) is 0 Å². The quantitative estimate of drug-likeness (QED) is 0.522. The molecule has 2 nitrogen and oxygen atoms in total. The second-order valence-electron chi connectivity index (χ2n) is 6.08. The maximum absolute atomic E-state index is 6.28. The molecule has 124 valence electrons. The van der Waals surface area contributed by atoms with Gasteiger partial charge in [-0.3, -0.25) is 0 Å². The molecular formula is C22H26N2. The van der Waals surface area contributed by atoms with Gasteiger partial charge >= 0.3 is 0 Å². The number of allylic oxidation sites excluding steroid dienone is 4. The van der Waals surface area contributed by atoms with Crippen molar-refractivity contribution < 1.29 is 0 Å². The van der Waals surface area contributed by atoms with Crippen LogP contribution in [-0.4, -0.2) is 0 Å². The molecule has 0 saturated heterocycles. The van der Waals surface area contributed by atoms with Gasteiger partial charge in [0.2, 0.25) is 0 Å². The van der Waals surface area contributed by atoms with Crippen molar-refractivity contribution in [1.29, 1.82) is 0 Å². The van der Waals surface area contributed by atoms with Crippen LogP contribution >= 0.6 is 0 Å². The predicted octanol–water partition coefficient (Wildman–Crippen LogP) is 6.03. The first kappa shape index (κ1) is 17.6. The first-order chi connectivity index (χ1) is 11.4. The van der Waals surface area contributed by atoms with E-state index in [0.29, 0.717) is 0 Å². The summed E-state index contributed by atoms with van der Waals surface area (Å²) in [7, 11) is 0. The number of benzene rings is 2. The molecule has 0 aliphatic carbocycles. The summed E-state index contributed by atoms with van der Waals surface area (Å²) in [6.45, 7) is 12.5. The molecule has 0 fully saturated rings. The summed E-state index contributed by atoms with van der Waals surface area (Å²) < 4.78 is 0. The molecule has 0 heterocycles. The number of nitrogens with two attached hydrogens (primary N) is 1. The molecule has 0 saturated carbocycles. The monoisotopic (exact) mass is 318 g/mol. The van der Waals surface area contributed by atoms with Gasteiger partial charge in [-0.2, -0.15) is 0 Å². The number of nitrogen functional groups attached to an aromatic ring is 1. The number of hydrogen-bond acceptors (Lipinski definition) is 2. The van der Waals surface area contributed by atoms with E-state index in [1.54, 1.807) is 0 Å². The molecular weight excluding hydrogens is 292 g/mol. The number of rotatable bonds is 5. The van der Waals surface area contributed by atoms with Crippen LogP contribution in [0.3, 0.4) is 0 Å². The molecule has 2 aromatic carbocycles. The zero-order valence-electron chi connectivity index (χ0n) is 15.0. The fourth-order valence-corrected chi connectivity index (χ4v) is 2.64. The van der Waals surface area contributed by atoms with Crippen molar-refractivity contribution in [2.45, 2.75) is 27.7 Å². The second kappa shape index (κ2) is 7.69. The molecule has 0 radical (unpaired) electrons. The summed E-state index contributed by atoms with van der Waals surface area (Å²) in [5.74, 6) is 0. The molecule has 24 heavy (non-hydrogen) atoms. The lowest BCUT2D eigenvalue weighted by Crippen LogP contribution is -2.02. The summed E-state index contributed by atoms with van der Waals surface area (Å²) in [4.78, 5) is 0. The van der Waals surface area contributed by atoms with Gasteiger partial charge < -0.3 is 11.1 Å². The van der Waals surface area contributed by atoms with Crippen LogP contribution in [0.25, 0.3) is 11.3 Å². The summed E-state index contributed by atoms with van der Waals surface area (Å²) in [6, 6.07) is 14.3. The highest BCUT2D eigenvalue weighted by Crippen LogP contribution is 2.27. The minimum atomic E-state index is 0.727. The van der Waals surface area contributed by atoms with E-state index >= 15 is 0 Å². The Morgan fingerprint density at radius 2 is 1.88 bits per heavy atom. The van der Waals surface area contributed by atoms with Crippen LogP contribution in [-0.2, 0) is 0 Å². The minimum absolute atomic E-state index is 0.727. The molecule has 2 rings (SSSR count). The fraction of sp³-hybridized carbons (Fsp3) is 0.182. The van der Waals surface area contributed by atoms with Crippen molar-refractivity contribution in [3.05, 3.63) is 83.5 Å². The van der Waals surface area contributed by atoms with E-state index in [4.69, 9.17) is 5.73 Å². The van der Waals surface area contributed by atoms with Gasteiger partial charge in [0, 0.05) is 22.6 Å². The normalized spacial score (nSPS) is 12.2. The Balaban J connectivity index is 2.26. The van der Waals surface area contributed by atoms with E-state index in [1.807, 2.05) is 37.3 Å². The molecule has 0 bridgehead atoms. The smallest absolute Gasteiger partial charge is 0.0414 e. The topological polar surface area (TPSA) is 38.0 Å². The zero-order chi connectivity index (χ0) is 17.7. The van der Waals surface area contributed by atoms with Crippen molar-refractivity contribution >= 4 is 22.6 Å². The molecule has 0 unspecified atom stereocenters. The Kier molecular flexibility index (Phi) is 5.64. The van der Waals surface area contributed by atoms with Gasteiger partial charge in [0.15, 0.2) is 0 Å². The van der Waals surface area contributed by atoms with Crippen LogP contribution in [0.1, 0.15) is 37.5 Å². The Morgan fingerprint density at radius 3 is 2.50 bits per heavy atom. The van der Waals surface area contributed by atoms with Gasteiger partial charge in [0.05, 0.1) is 0 Å². The molecule has 2 heteroatoms. The van der Waals surface area contributed by atoms with E-state index in [9.17, 15) is 0 Å². The van der Waals surface area contributed by atoms with Crippen LogP contribution in [0.5, 0.6) is 0 Å². The SMILES string of the molecule is C=C(Nc1cccc(C)c1)c1ccc(/C(C)=C(C)/C=C\C)cc1N. The number of anilines is 2. The maximum atomic E-state index is 6.28. The van der Waals surface area contributed by atoms with Crippen molar-refractivity contribution in [3.63, 3.8) is 0 Å². The summed E-state index contributed by atoms with van der Waals surface area (Å²) in [5.41, 5.74) is 14.6. The molecule has 0 aliphatic heterocycles. The Labute approximate surface area is 145 Å². The standard InChI is InChI=1S/C22H26N2/c1-6-8-16(3)17(4)19-11-12-21(22(23)14-19)18(5)24-20-10-7-9-15(2)13-20/h6-14,24H,5,23H2,1-4H3/b8-6-,17-16+. The van der Waals surface area contributed by atoms with Crippen molar-refractivity contribution in [2.24, 2.45) is 0 Å². The van der Waals surface area contributed by atoms with Gasteiger partial charge in [0.1, 0.15) is 0 Å². The predicted molar refractivity (Wildman–Crippen MR) is 108 cm³/mol. The average Bonchev–Trinajstić information content (AvgIpc) is 2.54. The van der Waals surface area contributed by atoms with E-state index in [2.05, 4.69) is 56.9 Å². The maximum Gasteiger partial charge on any atom is 0.0414 e. The molecule has 3 N–H and O–H groups in total. The first-order valence-corrected chi connectivity index (χ1v) is 8.15. The van der Waals surface area contributed by atoms with Crippen LogP contribution in [0.2, 0.25) is 0 Å². The molecule has 0 amide bonds. The fourth-order valence-electron chi connectivity index (χ4n) is 2.64. The lowest BCUT2D eigenvalue weighted by atomic mass is 9.98. The minimum Gasteiger partial charge on any atom is -0.398 e. The van der Waals surface area contributed by atoms with Gasteiger partial charge in [0.25, 0.3) is 0 Å². The van der Waals surface area contributed by atoms with Crippen molar-refractivity contribution in [1.82, 2.24) is 0 Å². The Bertz CT molecular complexity index is 810. The lowest BCUT2D eigenvalue weighted by Gasteiger charge is -2.14. The van der Waals surface area contributed by atoms with Crippen LogP contribution in [0.15, 0.2) is 66.8 Å². The van der Waals surface area contributed by atoms with Crippen LogP contribution < -0.4 is 11.1 Å². The third kappa shape index (κ3) is 4.17. The number of nitrogens with one attached hydrogen (secondary N) is 1. The summed E-state index contributed by atoms with van der Waals surface area (Å²) >= 11 is 0. The van der Waals surface area contributed by atoms with Gasteiger partial charge in [-0.15, -0.1) is 0 Å².